The number of ether oxygens (including phenoxy) is 2. The summed E-state index contributed by atoms with van der Waals surface area (Å²) in [6, 6.07) is 11.7. The van der Waals surface area contributed by atoms with Gasteiger partial charge in [-0.15, -0.1) is 10.2 Å². The number of piperazine rings is 1. The maximum atomic E-state index is 12.3. The lowest BCUT2D eigenvalue weighted by atomic mass is 10.1. The van der Waals surface area contributed by atoms with Gasteiger partial charge >= 0.3 is 5.97 Å². The fraction of sp³-hybridized carbons (Fsp3) is 0.455. The number of carbonyl (C=O) groups excluding carboxylic acids is 2. The van der Waals surface area contributed by atoms with Gasteiger partial charge in [0.2, 0.25) is 5.91 Å². The number of nitrogens with zero attached hydrogens (tertiary/aromatic N) is 4. The summed E-state index contributed by atoms with van der Waals surface area (Å²) in [4.78, 5) is 27.6. The van der Waals surface area contributed by atoms with Crippen molar-refractivity contribution in [1.82, 2.24) is 15.1 Å². The number of amides is 1. The molecule has 3 rings (SSSR count). The first kappa shape index (κ1) is 21.5. The zero-order valence-electron chi connectivity index (χ0n) is 17.5. The van der Waals surface area contributed by atoms with Crippen molar-refractivity contribution < 1.29 is 19.1 Å². The van der Waals surface area contributed by atoms with E-state index in [0.717, 1.165) is 22.8 Å². The highest BCUT2D eigenvalue weighted by molar-refractivity contribution is 5.81. The number of aromatic nitrogens is 2. The molecule has 1 amide bonds. The van der Waals surface area contributed by atoms with E-state index in [0.29, 0.717) is 39.4 Å². The molecule has 1 fully saturated rings. The van der Waals surface area contributed by atoms with E-state index in [1.165, 1.54) is 0 Å². The third kappa shape index (κ3) is 5.68. The first-order chi connectivity index (χ1) is 14.6. The minimum Gasteiger partial charge on any atom is -0.494 e. The van der Waals surface area contributed by atoms with Crippen LogP contribution in [0.2, 0.25) is 0 Å². The molecule has 0 radical (unpaired) electrons. The van der Waals surface area contributed by atoms with Gasteiger partial charge < -0.3 is 19.3 Å². The van der Waals surface area contributed by atoms with Gasteiger partial charge in [0.05, 0.1) is 25.3 Å². The van der Waals surface area contributed by atoms with Crippen LogP contribution in [0.1, 0.15) is 26.7 Å². The quantitative estimate of drug-likeness (QED) is 0.616. The van der Waals surface area contributed by atoms with Gasteiger partial charge in [-0.25, -0.2) is 0 Å². The molecular weight excluding hydrogens is 384 g/mol. The normalized spacial score (nSPS) is 13.8. The largest absolute Gasteiger partial charge is 0.494 e. The second-order valence-electron chi connectivity index (χ2n) is 6.91. The van der Waals surface area contributed by atoms with Crippen LogP contribution in [-0.2, 0) is 14.3 Å². The second kappa shape index (κ2) is 10.6. The Balaban J connectivity index is 1.51. The summed E-state index contributed by atoms with van der Waals surface area (Å²) in [7, 11) is 0. The zero-order chi connectivity index (χ0) is 21.3. The molecule has 0 aliphatic carbocycles. The average molecular weight is 412 g/mol. The van der Waals surface area contributed by atoms with Gasteiger partial charge in [0.25, 0.3) is 0 Å². The summed E-state index contributed by atoms with van der Waals surface area (Å²) < 4.78 is 10.3. The van der Waals surface area contributed by atoms with E-state index >= 15 is 0 Å². The van der Waals surface area contributed by atoms with Crippen LogP contribution in [0.15, 0.2) is 36.4 Å². The van der Waals surface area contributed by atoms with Crippen molar-refractivity contribution in [3.05, 3.63) is 36.4 Å². The number of rotatable bonds is 8. The minimum absolute atomic E-state index is 0.0142. The Labute approximate surface area is 176 Å². The smallest absolute Gasteiger partial charge is 0.306 e. The Morgan fingerprint density at radius 2 is 1.63 bits per heavy atom. The summed E-state index contributed by atoms with van der Waals surface area (Å²) >= 11 is 0. The molecule has 1 saturated heterocycles. The molecular formula is C22H28N4O4. The summed E-state index contributed by atoms with van der Waals surface area (Å²) in [6.07, 6.45) is 0.320. The van der Waals surface area contributed by atoms with E-state index in [-0.39, 0.29) is 24.7 Å². The van der Waals surface area contributed by atoms with Gasteiger partial charge in [-0.1, -0.05) is 0 Å². The van der Waals surface area contributed by atoms with Crippen molar-refractivity contribution in [2.24, 2.45) is 0 Å². The highest BCUT2D eigenvalue weighted by Gasteiger charge is 2.22. The van der Waals surface area contributed by atoms with E-state index in [1.807, 2.05) is 43.3 Å². The Hall–Kier alpha value is -3.16. The summed E-state index contributed by atoms with van der Waals surface area (Å²) in [6.45, 7) is 7.25. The molecule has 8 heteroatoms. The molecule has 30 heavy (non-hydrogen) atoms. The molecule has 2 aromatic rings. The number of esters is 1. The Morgan fingerprint density at radius 3 is 2.23 bits per heavy atom. The van der Waals surface area contributed by atoms with Gasteiger partial charge in [-0.3, -0.25) is 9.59 Å². The molecule has 1 aromatic heterocycles. The van der Waals surface area contributed by atoms with E-state index in [9.17, 15) is 9.59 Å². The molecule has 0 unspecified atom stereocenters. The van der Waals surface area contributed by atoms with Crippen LogP contribution in [0, 0.1) is 0 Å². The maximum Gasteiger partial charge on any atom is 0.306 e. The fourth-order valence-corrected chi connectivity index (χ4v) is 3.32. The molecule has 0 saturated carbocycles. The van der Waals surface area contributed by atoms with Gasteiger partial charge in [0.1, 0.15) is 5.75 Å². The molecule has 0 N–H and O–H groups in total. The number of hydrogen-bond donors (Lipinski definition) is 0. The molecule has 160 valence electrons. The van der Waals surface area contributed by atoms with Gasteiger partial charge in [-0.05, 0) is 50.2 Å². The molecule has 2 heterocycles. The number of benzene rings is 1. The van der Waals surface area contributed by atoms with Crippen molar-refractivity contribution >= 4 is 17.7 Å². The van der Waals surface area contributed by atoms with Crippen LogP contribution in [0.25, 0.3) is 11.3 Å². The fourth-order valence-electron chi connectivity index (χ4n) is 3.32. The Kier molecular flexibility index (Phi) is 7.59. The van der Waals surface area contributed by atoms with Crippen molar-refractivity contribution in [2.45, 2.75) is 26.7 Å². The summed E-state index contributed by atoms with van der Waals surface area (Å²) in [5, 5.41) is 8.72. The molecule has 0 spiro atoms. The van der Waals surface area contributed by atoms with E-state index in [1.54, 1.807) is 11.8 Å². The first-order valence-electron chi connectivity index (χ1n) is 10.4. The zero-order valence-corrected chi connectivity index (χ0v) is 17.5. The summed E-state index contributed by atoms with van der Waals surface area (Å²) in [5.41, 5.74) is 1.78. The van der Waals surface area contributed by atoms with Crippen LogP contribution in [0.5, 0.6) is 5.75 Å². The average Bonchev–Trinajstić information content (AvgIpc) is 2.79. The van der Waals surface area contributed by atoms with Crippen LogP contribution in [0.3, 0.4) is 0 Å². The number of hydrogen-bond acceptors (Lipinski definition) is 7. The Bertz CT molecular complexity index is 831. The molecule has 1 aliphatic rings. The summed E-state index contributed by atoms with van der Waals surface area (Å²) in [5.74, 6) is 1.29. The lowest BCUT2D eigenvalue weighted by Crippen LogP contribution is -2.49. The van der Waals surface area contributed by atoms with Crippen molar-refractivity contribution in [1.29, 1.82) is 0 Å². The van der Waals surface area contributed by atoms with Crippen LogP contribution in [0.4, 0.5) is 5.82 Å². The molecule has 1 aromatic carbocycles. The predicted molar refractivity (Wildman–Crippen MR) is 113 cm³/mol. The second-order valence-corrected chi connectivity index (χ2v) is 6.91. The minimum atomic E-state index is -0.327. The van der Waals surface area contributed by atoms with Crippen LogP contribution < -0.4 is 9.64 Å². The number of anilines is 1. The van der Waals surface area contributed by atoms with E-state index in [2.05, 4.69) is 15.1 Å². The molecule has 1 aliphatic heterocycles. The third-order valence-electron chi connectivity index (χ3n) is 4.92. The van der Waals surface area contributed by atoms with Gasteiger partial charge in [0.15, 0.2) is 5.82 Å². The molecule has 8 nitrogen and oxygen atoms in total. The highest BCUT2D eigenvalue weighted by atomic mass is 16.5. The predicted octanol–water partition coefficient (Wildman–Crippen LogP) is 2.53. The van der Waals surface area contributed by atoms with Crippen molar-refractivity contribution in [3.8, 4) is 17.0 Å². The molecule has 0 atom stereocenters. The van der Waals surface area contributed by atoms with Gasteiger partial charge in [-0.2, -0.15) is 0 Å². The number of carbonyl (C=O) groups is 2. The third-order valence-corrected chi connectivity index (χ3v) is 4.92. The van der Waals surface area contributed by atoms with Crippen molar-refractivity contribution in [2.75, 3.05) is 44.3 Å². The topological polar surface area (TPSA) is 84.9 Å². The van der Waals surface area contributed by atoms with E-state index < -0.39 is 0 Å². The first-order valence-corrected chi connectivity index (χ1v) is 10.4. The lowest BCUT2D eigenvalue weighted by Gasteiger charge is -2.35. The lowest BCUT2D eigenvalue weighted by molar-refractivity contribution is -0.145. The maximum absolute atomic E-state index is 12.3. The van der Waals surface area contributed by atoms with Gasteiger partial charge in [0, 0.05) is 38.2 Å². The Morgan fingerprint density at radius 1 is 0.900 bits per heavy atom. The van der Waals surface area contributed by atoms with Crippen LogP contribution >= 0.6 is 0 Å². The van der Waals surface area contributed by atoms with E-state index in [4.69, 9.17) is 9.47 Å². The SMILES string of the molecule is CCOC(=O)CCC(=O)N1CCN(c2ccc(-c3ccc(OCC)cc3)nn2)CC1. The monoisotopic (exact) mass is 412 g/mol. The van der Waals surface area contributed by atoms with Crippen LogP contribution in [-0.4, -0.2) is 66.4 Å². The standard InChI is InChI=1S/C22H28N4O4/c1-3-29-18-7-5-17(6-8-18)19-9-10-20(24-23-19)25-13-15-26(16-14-25)21(27)11-12-22(28)30-4-2/h5-10H,3-4,11-16H2,1-2H3. The van der Waals surface area contributed by atoms with Crippen molar-refractivity contribution in [3.63, 3.8) is 0 Å². The molecule has 0 bridgehead atoms. The highest BCUT2D eigenvalue weighted by Crippen LogP contribution is 2.22.